The van der Waals surface area contributed by atoms with Gasteiger partial charge in [-0.25, -0.2) is 13.1 Å². The van der Waals surface area contributed by atoms with Crippen LogP contribution < -0.4 is 9.62 Å². The normalized spacial score (nSPS) is 16.0. The second-order valence-corrected chi connectivity index (χ2v) is 9.08. The van der Waals surface area contributed by atoms with Crippen molar-refractivity contribution >= 4 is 38.9 Å². The van der Waals surface area contributed by atoms with Crippen molar-refractivity contribution in [3.05, 3.63) is 52.3 Å². The predicted octanol–water partition coefficient (Wildman–Crippen LogP) is 3.89. The standard InChI is InChI=1S/C18H21Cl2N3O2S/c1-13-9-18(17(20)10-16(13)19)26(24,25)22-11-14-4-7-23(8-5-14)15-3-2-6-21-12-15/h2-3,6,9-10,12,14,22H,4-5,7-8,11H2,1H3. The number of nitrogens with zero attached hydrogens (tertiary/aromatic N) is 2. The number of piperidine rings is 1. The molecular formula is C18H21Cl2N3O2S. The minimum atomic E-state index is -3.66. The predicted molar refractivity (Wildman–Crippen MR) is 106 cm³/mol. The topological polar surface area (TPSA) is 62.3 Å². The molecule has 2 heterocycles. The second kappa shape index (κ2) is 8.13. The van der Waals surface area contributed by atoms with Gasteiger partial charge in [0.15, 0.2) is 0 Å². The summed E-state index contributed by atoms with van der Waals surface area (Å²) in [5, 5.41) is 0.594. The fourth-order valence-corrected chi connectivity index (χ4v) is 5.02. The van der Waals surface area contributed by atoms with Gasteiger partial charge in [-0.2, -0.15) is 0 Å². The SMILES string of the molecule is Cc1cc(S(=O)(=O)NCC2CCN(c3cccnc3)CC2)c(Cl)cc1Cl. The molecule has 1 fully saturated rings. The Bertz CT molecular complexity index is 868. The van der Waals surface area contributed by atoms with E-state index in [-0.39, 0.29) is 9.92 Å². The number of halogens is 2. The molecule has 1 aromatic carbocycles. The van der Waals surface area contributed by atoms with Crippen molar-refractivity contribution in [1.82, 2.24) is 9.71 Å². The highest BCUT2D eigenvalue weighted by molar-refractivity contribution is 7.89. The third-order valence-electron chi connectivity index (χ3n) is 4.69. The molecule has 0 atom stereocenters. The number of anilines is 1. The number of rotatable bonds is 5. The van der Waals surface area contributed by atoms with Gasteiger partial charge in [0.05, 0.1) is 16.9 Å². The van der Waals surface area contributed by atoms with Crippen molar-refractivity contribution in [2.24, 2.45) is 5.92 Å². The molecule has 1 aliphatic heterocycles. The number of sulfonamides is 1. The molecule has 1 N–H and O–H groups in total. The van der Waals surface area contributed by atoms with Gasteiger partial charge in [0.2, 0.25) is 10.0 Å². The average molecular weight is 414 g/mol. The molecule has 2 aromatic rings. The first-order valence-electron chi connectivity index (χ1n) is 8.47. The zero-order valence-electron chi connectivity index (χ0n) is 14.5. The van der Waals surface area contributed by atoms with Crippen molar-refractivity contribution in [2.75, 3.05) is 24.5 Å². The van der Waals surface area contributed by atoms with E-state index in [9.17, 15) is 8.42 Å². The van der Waals surface area contributed by atoms with Crippen LogP contribution in [0.2, 0.25) is 10.0 Å². The Morgan fingerprint density at radius 1 is 1.23 bits per heavy atom. The molecule has 140 valence electrons. The van der Waals surface area contributed by atoms with Crippen molar-refractivity contribution < 1.29 is 8.42 Å². The Hall–Kier alpha value is -1.34. The first-order valence-corrected chi connectivity index (χ1v) is 10.7. The van der Waals surface area contributed by atoms with Crippen LogP contribution in [0.15, 0.2) is 41.6 Å². The summed E-state index contributed by atoms with van der Waals surface area (Å²) in [7, 11) is -3.66. The summed E-state index contributed by atoms with van der Waals surface area (Å²) in [6, 6.07) is 6.95. The lowest BCUT2D eigenvalue weighted by Crippen LogP contribution is -2.38. The van der Waals surface area contributed by atoms with E-state index in [1.165, 1.54) is 12.1 Å². The number of hydrogen-bond donors (Lipinski definition) is 1. The molecule has 0 saturated carbocycles. The summed E-state index contributed by atoms with van der Waals surface area (Å²) in [5.41, 5.74) is 1.79. The Balaban J connectivity index is 1.59. The van der Waals surface area contributed by atoms with Crippen molar-refractivity contribution in [2.45, 2.75) is 24.7 Å². The maximum atomic E-state index is 12.6. The largest absolute Gasteiger partial charge is 0.370 e. The minimum absolute atomic E-state index is 0.0777. The molecule has 0 radical (unpaired) electrons. The number of benzene rings is 1. The smallest absolute Gasteiger partial charge is 0.242 e. The molecule has 0 spiro atoms. The second-order valence-electron chi connectivity index (χ2n) is 6.53. The van der Waals surface area contributed by atoms with Gasteiger partial charge in [0.25, 0.3) is 0 Å². The molecule has 0 bridgehead atoms. The van der Waals surface area contributed by atoms with E-state index in [0.717, 1.165) is 31.6 Å². The van der Waals surface area contributed by atoms with Crippen LogP contribution in [0.1, 0.15) is 18.4 Å². The quantitative estimate of drug-likeness (QED) is 0.807. The molecule has 26 heavy (non-hydrogen) atoms. The van der Waals surface area contributed by atoms with Crippen LogP contribution in [0.25, 0.3) is 0 Å². The monoisotopic (exact) mass is 413 g/mol. The van der Waals surface area contributed by atoms with Crippen LogP contribution in [0, 0.1) is 12.8 Å². The number of hydrogen-bond acceptors (Lipinski definition) is 4. The molecule has 3 rings (SSSR count). The maximum Gasteiger partial charge on any atom is 0.242 e. The lowest BCUT2D eigenvalue weighted by Gasteiger charge is -2.33. The number of pyridine rings is 1. The number of aryl methyl sites for hydroxylation is 1. The highest BCUT2D eigenvalue weighted by Gasteiger charge is 2.24. The Labute approximate surface area is 164 Å². The first-order chi connectivity index (χ1) is 12.4. The average Bonchev–Trinajstić information content (AvgIpc) is 2.64. The molecule has 1 aromatic heterocycles. The lowest BCUT2D eigenvalue weighted by atomic mass is 9.97. The van der Waals surface area contributed by atoms with Gasteiger partial charge in [-0.1, -0.05) is 23.2 Å². The molecule has 0 unspecified atom stereocenters. The highest BCUT2D eigenvalue weighted by Crippen LogP contribution is 2.28. The van der Waals surface area contributed by atoms with Crippen LogP contribution in [0.4, 0.5) is 5.69 Å². The summed E-state index contributed by atoms with van der Waals surface area (Å²) in [5.74, 6) is 0.296. The van der Waals surface area contributed by atoms with E-state index in [1.807, 2.05) is 18.3 Å². The van der Waals surface area contributed by atoms with E-state index >= 15 is 0 Å². The zero-order chi connectivity index (χ0) is 18.7. The summed E-state index contributed by atoms with van der Waals surface area (Å²) in [4.78, 5) is 6.50. The summed E-state index contributed by atoms with van der Waals surface area (Å²) >= 11 is 12.1. The molecule has 1 saturated heterocycles. The molecule has 1 aliphatic rings. The van der Waals surface area contributed by atoms with Gasteiger partial charge in [-0.3, -0.25) is 4.98 Å². The van der Waals surface area contributed by atoms with E-state index < -0.39 is 10.0 Å². The van der Waals surface area contributed by atoms with Crippen molar-refractivity contribution in [1.29, 1.82) is 0 Å². The maximum absolute atomic E-state index is 12.6. The summed E-state index contributed by atoms with van der Waals surface area (Å²) in [6.07, 6.45) is 5.46. The fraction of sp³-hybridized carbons (Fsp3) is 0.389. The van der Waals surface area contributed by atoms with Crippen LogP contribution in [-0.2, 0) is 10.0 Å². The van der Waals surface area contributed by atoms with Gasteiger partial charge >= 0.3 is 0 Å². The summed E-state index contributed by atoms with van der Waals surface area (Å²) in [6.45, 7) is 3.94. The molecule has 0 aliphatic carbocycles. The van der Waals surface area contributed by atoms with Crippen LogP contribution in [0.5, 0.6) is 0 Å². The Morgan fingerprint density at radius 2 is 1.96 bits per heavy atom. The van der Waals surface area contributed by atoms with Gasteiger partial charge in [-0.05, 0) is 55.5 Å². The summed E-state index contributed by atoms with van der Waals surface area (Å²) < 4.78 is 27.9. The van der Waals surface area contributed by atoms with Crippen LogP contribution in [-0.4, -0.2) is 33.0 Å². The molecule has 0 amide bonds. The van der Waals surface area contributed by atoms with Crippen molar-refractivity contribution in [3.8, 4) is 0 Å². The highest BCUT2D eigenvalue weighted by atomic mass is 35.5. The van der Waals surface area contributed by atoms with Crippen molar-refractivity contribution in [3.63, 3.8) is 0 Å². The number of nitrogens with one attached hydrogen (secondary N) is 1. The van der Waals surface area contributed by atoms with Gasteiger partial charge in [-0.15, -0.1) is 0 Å². The fourth-order valence-electron chi connectivity index (χ4n) is 3.08. The third-order valence-corrected chi connectivity index (χ3v) is 6.99. The zero-order valence-corrected chi connectivity index (χ0v) is 16.8. The van der Waals surface area contributed by atoms with E-state index in [4.69, 9.17) is 23.2 Å². The Morgan fingerprint density at radius 3 is 2.62 bits per heavy atom. The number of aromatic nitrogens is 1. The van der Waals surface area contributed by atoms with E-state index in [2.05, 4.69) is 14.6 Å². The lowest BCUT2D eigenvalue weighted by molar-refractivity contribution is 0.402. The van der Waals surface area contributed by atoms with Crippen LogP contribution in [0.3, 0.4) is 0 Å². The molecule has 5 nitrogen and oxygen atoms in total. The van der Waals surface area contributed by atoms with E-state index in [0.29, 0.717) is 23.0 Å². The van der Waals surface area contributed by atoms with E-state index in [1.54, 1.807) is 13.1 Å². The van der Waals surface area contributed by atoms with Crippen LogP contribution >= 0.6 is 23.2 Å². The van der Waals surface area contributed by atoms with Gasteiger partial charge in [0, 0.05) is 30.9 Å². The minimum Gasteiger partial charge on any atom is -0.370 e. The molecule has 8 heteroatoms. The third kappa shape index (κ3) is 4.49. The van der Waals surface area contributed by atoms with Gasteiger partial charge in [0.1, 0.15) is 4.90 Å². The molecular weight excluding hydrogens is 393 g/mol. The first kappa shape index (κ1) is 19.4. The Kier molecular flexibility index (Phi) is 6.07. The van der Waals surface area contributed by atoms with Gasteiger partial charge < -0.3 is 4.90 Å².